The van der Waals surface area contributed by atoms with E-state index in [1.807, 2.05) is 0 Å². The summed E-state index contributed by atoms with van der Waals surface area (Å²) in [6.07, 6.45) is 4.15. The van der Waals surface area contributed by atoms with Gasteiger partial charge in [-0.15, -0.1) is 0 Å². The van der Waals surface area contributed by atoms with Crippen molar-refractivity contribution < 1.29 is 14.7 Å². The molecule has 2 N–H and O–H groups in total. The fourth-order valence-electron chi connectivity index (χ4n) is 2.96. The summed E-state index contributed by atoms with van der Waals surface area (Å²) in [5.41, 5.74) is -0.803. The summed E-state index contributed by atoms with van der Waals surface area (Å²) in [6.45, 7) is 7.89. The number of aliphatic carboxylic acids is 1. The number of nitrogens with one attached hydrogen (secondary N) is 1. The van der Waals surface area contributed by atoms with Crippen LogP contribution in [0.1, 0.15) is 52.4 Å². The molecule has 5 nitrogen and oxygen atoms in total. The van der Waals surface area contributed by atoms with Crippen LogP contribution in [0.25, 0.3) is 0 Å². The molecule has 116 valence electrons. The average molecular weight is 284 g/mol. The predicted octanol–water partition coefficient (Wildman–Crippen LogP) is 1.87. The lowest BCUT2D eigenvalue weighted by atomic mass is 9.82. The topological polar surface area (TPSA) is 69.6 Å². The highest BCUT2D eigenvalue weighted by atomic mass is 16.4. The summed E-state index contributed by atoms with van der Waals surface area (Å²) >= 11 is 0. The molecule has 0 radical (unpaired) electrons. The van der Waals surface area contributed by atoms with E-state index in [1.165, 1.54) is 0 Å². The third-order valence-electron chi connectivity index (χ3n) is 4.38. The highest BCUT2D eigenvalue weighted by molar-refractivity contribution is 5.85. The molecule has 1 aliphatic carbocycles. The summed E-state index contributed by atoms with van der Waals surface area (Å²) in [5.74, 6) is -0.929. The van der Waals surface area contributed by atoms with Crippen molar-refractivity contribution in [2.75, 3.05) is 26.2 Å². The maximum atomic E-state index is 11.9. The van der Waals surface area contributed by atoms with Gasteiger partial charge in [-0.1, -0.05) is 26.7 Å². The average Bonchev–Trinajstić information content (AvgIpc) is 2.89. The molecule has 0 aromatic rings. The third-order valence-corrected chi connectivity index (χ3v) is 4.38. The summed E-state index contributed by atoms with van der Waals surface area (Å²) in [6, 6.07) is 0. The highest BCUT2D eigenvalue weighted by Gasteiger charge is 2.42. The second-order valence-electron chi connectivity index (χ2n) is 5.70. The van der Waals surface area contributed by atoms with Crippen molar-refractivity contribution in [1.29, 1.82) is 0 Å². The molecule has 0 aromatic carbocycles. The van der Waals surface area contributed by atoms with Gasteiger partial charge >= 0.3 is 5.97 Å². The van der Waals surface area contributed by atoms with E-state index in [9.17, 15) is 14.7 Å². The van der Waals surface area contributed by atoms with Crippen molar-refractivity contribution >= 4 is 11.9 Å². The second-order valence-corrected chi connectivity index (χ2v) is 5.70. The Kier molecular flexibility index (Phi) is 6.99. The summed E-state index contributed by atoms with van der Waals surface area (Å²) in [5, 5.41) is 12.2. The number of amides is 1. The minimum Gasteiger partial charge on any atom is -0.481 e. The van der Waals surface area contributed by atoms with Gasteiger partial charge in [0.05, 0.1) is 5.41 Å². The van der Waals surface area contributed by atoms with Gasteiger partial charge in [0.1, 0.15) is 0 Å². The zero-order chi connectivity index (χ0) is 15.0. The number of hydrogen-bond donors (Lipinski definition) is 2. The minimum atomic E-state index is -0.812. The number of carboxylic acid groups (broad SMARTS) is 1. The molecule has 20 heavy (non-hydrogen) atoms. The molecule has 1 fully saturated rings. The first-order chi connectivity index (χ1) is 9.54. The molecule has 0 heterocycles. The maximum absolute atomic E-state index is 11.9. The summed E-state index contributed by atoms with van der Waals surface area (Å²) in [7, 11) is 0. The van der Waals surface area contributed by atoms with Gasteiger partial charge in [0, 0.05) is 13.0 Å². The molecule has 0 spiro atoms. The molecular formula is C15H28N2O3. The molecule has 0 saturated heterocycles. The Morgan fingerprint density at radius 2 is 1.80 bits per heavy atom. The second kappa shape index (κ2) is 8.25. The first-order valence-corrected chi connectivity index (χ1v) is 7.76. The molecule has 1 saturated carbocycles. The van der Waals surface area contributed by atoms with Crippen LogP contribution in [0, 0.1) is 5.41 Å². The van der Waals surface area contributed by atoms with E-state index in [-0.39, 0.29) is 12.3 Å². The Balaban J connectivity index is 2.27. The van der Waals surface area contributed by atoms with E-state index in [0.29, 0.717) is 19.4 Å². The molecule has 1 aliphatic rings. The number of carbonyl (C=O) groups excluding carboxylic acids is 1. The molecular weight excluding hydrogens is 256 g/mol. The van der Waals surface area contributed by atoms with Crippen molar-refractivity contribution in [1.82, 2.24) is 10.2 Å². The van der Waals surface area contributed by atoms with E-state index in [0.717, 1.165) is 38.9 Å². The third kappa shape index (κ3) is 4.78. The fraction of sp³-hybridized carbons (Fsp3) is 0.867. The van der Waals surface area contributed by atoms with Crippen molar-refractivity contribution in [2.24, 2.45) is 5.41 Å². The van der Waals surface area contributed by atoms with Crippen LogP contribution in [0.4, 0.5) is 0 Å². The molecule has 0 bridgehead atoms. The largest absolute Gasteiger partial charge is 0.481 e. The molecule has 0 aromatic heterocycles. The number of carboxylic acids is 1. The number of hydrogen-bond acceptors (Lipinski definition) is 3. The van der Waals surface area contributed by atoms with Crippen LogP contribution in [0.15, 0.2) is 0 Å². The Morgan fingerprint density at radius 1 is 1.20 bits per heavy atom. The van der Waals surface area contributed by atoms with Crippen LogP contribution in [0.2, 0.25) is 0 Å². The van der Waals surface area contributed by atoms with Crippen molar-refractivity contribution in [3.63, 3.8) is 0 Å². The van der Waals surface area contributed by atoms with Crippen LogP contribution in [0.5, 0.6) is 0 Å². The van der Waals surface area contributed by atoms with Crippen LogP contribution in [-0.4, -0.2) is 48.1 Å². The Bertz CT molecular complexity index is 321. The molecule has 0 unspecified atom stereocenters. The van der Waals surface area contributed by atoms with Crippen LogP contribution < -0.4 is 5.32 Å². The molecule has 0 atom stereocenters. The normalized spacial score (nSPS) is 17.4. The van der Waals surface area contributed by atoms with Crippen molar-refractivity contribution in [3.8, 4) is 0 Å². The van der Waals surface area contributed by atoms with Gasteiger partial charge in [-0.2, -0.15) is 0 Å². The first-order valence-electron chi connectivity index (χ1n) is 7.76. The Hall–Kier alpha value is -1.10. The summed E-state index contributed by atoms with van der Waals surface area (Å²) in [4.78, 5) is 25.6. The lowest BCUT2D eigenvalue weighted by molar-refractivity contribution is -0.151. The minimum absolute atomic E-state index is 0.117. The van der Waals surface area contributed by atoms with Crippen molar-refractivity contribution in [3.05, 3.63) is 0 Å². The molecule has 1 amide bonds. The number of carbonyl (C=O) groups is 2. The van der Waals surface area contributed by atoms with E-state index >= 15 is 0 Å². The van der Waals surface area contributed by atoms with Gasteiger partial charge in [-0.25, -0.2) is 0 Å². The van der Waals surface area contributed by atoms with Gasteiger partial charge < -0.3 is 15.3 Å². The smallest absolute Gasteiger partial charge is 0.310 e. The van der Waals surface area contributed by atoms with Gasteiger partial charge in [-0.05, 0) is 38.9 Å². The SMILES string of the molecule is CCN(CC)CCCNC(=O)CC1(C(=O)O)CCCC1. The molecule has 1 rings (SSSR count). The van der Waals surface area contributed by atoms with Gasteiger partial charge in [0.25, 0.3) is 0 Å². The lowest BCUT2D eigenvalue weighted by Gasteiger charge is -2.23. The van der Waals surface area contributed by atoms with Crippen molar-refractivity contribution in [2.45, 2.75) is 52.4 Å². The van der Waals surface area contributed by atoms with E-state index in [1.54, 1.807) is 0 Å². The lowest BCUT2D eigenvalue weighted by Crippen LogP contribution is -2.36. The zero-order valence-corrected chi connectivity index (χ0v) is 12.8. The molecule has 5 heteroatoms. The molecule has 0 aliphatic heterocycles. The monoisotopic (exact) mass is 284 g/mol. The first kappa shape index (κ1) is 17.0. The van der Waals surface area contributed by atoms with Gasteiger partial charge in [0.15, 0.2) is 0 Å². The van der Waals surface area contributed by atoms with E-state index in [2.05, 4.69) is 24.1 Å². The van der Waals surface area contributed by atoms with Gasteiger partial charge in [0.2, 0.25) is 5.91 Å². The zero-order valence-electron chi connectivity index (χ0n) is 12.8. The number of rotatable bonds is 9. The maximum Gasteiger partial charge on any atom is 0.310 e. The Labute approximate surface area is 121 Å². The van der Waals surface area contributed by atoms with Crippen LogP contribution in [0.3, 0.4) is 0 Å². The quantitative estimate of drug-likeness (QED) is 0.634. The van der Waals surface area contributed by atoms with Crippen LogP contribution >= 0.6 is 0 Å². The highest BCUT2D eigenvalue weighted by Crippen LogP contribution is 2.41. The number of nitrogens with zero attached hydrogens (tertiary/aromatic N) is 1. The van der Waals surface area contributed by atoms with E-state index < -0.39 is 11.4 Å². The van der Waals surface area contributed by atoms with E-state index in [4.69, 9.17) is 0 Å². The summed E-state index contributed by atoms with van der Waals surface area (Å²) < 4.78 is 0. The van der Waals surface area contributed by atoms with Crippen LogP contribution in [-0.2, 0) is 9.59 Å². The fourth-order valence-corrected chi connectivity index (χ4v) is 2.96. The van der Waals surface area contributed by atoms with Gasteiger partial charge in [-0.3, -0.25) is 9.59 Å². The standard InChI is InChI=1S/C15H28N2O3/c1-3-17(4-2)11-7-10-16-13(18)12-15(14(19)20)8-5-6-9-15/h3-12H2,1-2H3,(H,16,18)(H,19,20). The Morgan fingerprint density at radius 3 is 2.30 bits per heavy atom. The predicted molar refractivity (Wildman–Crippen MR) is 78.6 cm³/mol.